The molecule has 6 aromatic rings. The highest BCUT2D eigenvalue weighted by Gasteiger charge is 2.45. The molecule has 0 saturated heterocycles. The predicted octanol–water partition coefficient (Wildman–Crippen LogP) is 12.1. The maximum absolute atomic E-state index is 12.8. The zero-order valence-corrected chi connectivity index (χ0v) is 76.0. The molecule has 3 atom stereocenters. The number of aliphatic hydroxyl groups excluding tert-OH is 1. The molecule has 0 aromatic heterocycles. The molecule has 0 bridgehead atoms. The van der Waals surface area contributed by atoms with Crippen molar-refractivity contribution in [1.29, 1.82) is 0 Å². The van der Waals surface area contributed by atoms with E-state index >= 15 is 0 Å². The third kappa shape index (κ3) is 40.9. The Kier molecular flexibility index (Phi) is 55.1. The van der Waals surface area contributed by atoms with E-state index in [1.807, 2.05) is 127 Å². The molecule has 0 heterocycles. The van der Waals surface area contributed by atoms with Gasteiger partial charge in [-0.25, -0.2) is 0 Å². The molecule has 2 fully saturated rings. The summed E-state index contributed by atoms with van der Waals surface area (Å²) in [6.45, 7) is 5.33. The molecule has 101 heavy (non-hydrogen) atoms. The molecule has 2 aliphatic rings. The van der Waals surface area contributed by atoms with Crippen molar-refractivity contribution in [1.82, 2.24) is 0 Å². The number of halogens is 1. The standard InChI is InChI=1S/C22H24O3.C17H16O3.C16H14O3.C5H9Br.CH4O.H2O4S.S24/c1-22(21(24)25-2,18-12-6-7-13-18)19-14-8-11-17(15-19)20(23)16-9-4-3-5-10-16;1-12(17(19)20-2)14-9-6-10-15(11-14)16(18)13-7-4-3-5-8-13;1-11(16(18)19)13-8-5-9-14(10-13)15(17)12-6-3-2-4-7-12;6-5-3-1-2-4-5;1-2;1-5(2,3)4;1-3-5-7-9-11-13-15-17-19-21-23-24-22-20-18-16-14-12-10-8-6-4-2/h3-5,8-11,14-15,18H,6-7,12-13H2,1-2H3;3-12H,1-2H3;2-11H,1H3,(H,18,19);5H,1-4H2;2H,1H3;(H2,1,2,3,4);. The number of hydrogen-bond acceptors (Lipinski definition) is 13. The molecule has 0 amide bonds. The van der Waals surface area contributed by atoms with Gasteiger partial charge in [0, 0.05) is 263 Å². The number of hydrogen-bond donors (Lipinski definition) is 4. The number of rotatable bonds is 13. The van der Waals surface area contributed by atoms with Crippen LogP contribution in [0.2, 0.25) is 0 Å². The van der Waals surface area contributed by atoms with Crippen molar-refractivity contribution in [2.45, 2.75) is 94.2 Å². The third-order valence-corrected chi connectivity index (χ3v) is 61.3. The van der Waals surface area contributed by atoms with Crippen molar-refractivity contribution in [3.8, 4) is 0 Å². The highest BCUT2D eigenvalue weighted by molar-refractivity contribution is 9.09. The van der Waals surface area contributed by atoms with Gasteiger partial charge in [-0.2, -0.15) is 8.42 Å². The Morgan fingerprint density at radius 2 is 0.733 bits per heavy atom. The minimum atomic E-state index is -4.67. The van der Waals surface area contributed by atoms with E-state index in [1.54, 1.807) is 235 Å². The van der Waals surface area contributed by atoms with Crippen LogP contribution in [0.3, 0.4) is 0 Å². The summed E-state index contributed by atoms with van der Waals surface area (Å²) in [6.07, 6.45) is 10.00. The van der Waals surface area contributed by atoms with Crippen LogP contribution in [0.25, 0.3) is 0 Å². The number of esters is 2. The van der Waals surface area contributed by atoms with Gasteiger partial charge in [-0.05, 0) is 87.3 Å². The van der Waals surface area contributed by atoms with Gasteiger partial charge in [0.1, 0.15) is 0 Å². The Labute approximate surface area is 671 Å². The summed E-state index contributed by atoms with van der Waals surface area (Å²) in [5, 5.41) is 16.0. The van der Waals surface area contributed by atoms with Crippen LogP contribution in [-0.2, 0) is 257 Å². The second kappa shape index (κ2) is 58.4. The molecule has 0 aliphatic heterocycles. The Morgan fingerprint density at radius 3 is 1.02 bits per heavy atom. The van der Waals surface area contributed by atoms with Crippen LogP contribution >= 0.6 is 15.9 Å². The van der Waals surface area contributed by atoms with Gasteiger partial charge >= 0.3 is 28.3 Å². The molecule has 14 nitrogen and oxygen atoms in total. The predicted molar refractivity (Wildman–Crippen MR) is 477 cm³/mol. The molecule has 40 heteroatoms. The number of carboxylic acids is 1. The van der Waals surface area contributed by atoms with Gasteiger partial charge in [0.05, 0.1) is 31.5 Å². The fraction of sp³-hybridized carbons (Fsp3) is 0.311. The number of ketones is 3. The van der Waals surface area contributed by atoms with Crippen molar-refractivity contribution in [2.75, 3.05) is 21.3 Å². The first-order valence-electron chi connectivity index (χ1n) is 28.8. The number of carboxylic acid groups (broad SMARTS) is 1. The highest BCUT2D eigenvalue weighted by atomic mass is 79.9. The maximum Gasteiger partial charge on any atom is 0.394 e. The zero-order valence-electron chi connectivity index (χ0n) is 54.0. The Morgan fingerprint density at radius 1 is 0.446 bits per heavy atom. The normalized spacial score (nSPS) is 12.7. The molecule has 4 N–H and O–H groups in total. The summed E-state index contributed by atoms with van der Waals surface area (Å²) in [4.78, 5) is 73.4. The number of alkyl halides is 1. The topological polar surface area (TPSA) is 236 Å². The van der Waals surface area contributed by atoms with E-state index in [9.17, 15) is 28.8 Å². The average molecular weight is 1910 g/mol. The van der Waals surface area contributed by atoms with Crippen molar-refractivity contribution >= 4 is 279 Å². The number of carbonyl (C=O) groups is 6. The SMILES string of the molecule is BrC1CCCC1.CC(C(=O)O)c1cccc(C(=O)c2ccccc2)c1.CO.COC(=O)C(C)(c1cccc(C(=O)c2ccccc2)c1)C1CCCC1.COC(=O)C(C)c1cccc(C(=O)c2ccccc2)c1.O=S(=O)(O)O.S=S=S=S=S=S=S=S=S=S=S=S=S=S=S=S=S=S=S=S=S=S=S=S. The Hall–Kier alpha value is -1.67. The van der Waals surface area contributed by atoms with Crippen molar-refractivity contribution in [2.24, 2.45) is 5.92 Å². The second-order valence-corrected chi connectivity index (χ2v) is 60.8. The molecule has 2 aliphatic carbocycles. The quantitative estimate of drug-likeness (QED) is 0.0364. The third-order valence-electron chi connectivity index (χ3n) is 13.7. The van der Waals surface area contributed by atoms with Gasteiger partial charge in [-0.1, -0.05) is 187 Å². The fourth-order valence-electron chi connectivity index (χ4n) is 8.94. The molecule has 2 saturated carbocycles. The van der Waals surface area contributed by atoms with Gasteiger partial charge in [-0.3, -0.25) is 37.9 Å². The van der Waals surface area contributed by atoms with Crippen LogP contribution in [0.4, 0.5) is 0 Å². The van der Waals surface area contributed by atoms with Crippen molar-refractivity contribution in [3.63, 3.8) is 0 Å². The van der Waals surface area contributed by atoms with E-state index in [2.05, 4.69) is 15.9 Å². The molecule has 8 rings (SSSR count). The highest BCUT2D eigenvalue weighted by Crippen LogP contribution is 2.43. The lowest BCUT2D eigenvalue weighted by Gasteiger charge is -2.33. The first kappa shape index (κ1) is 95.4. The number of aliphatic hydroxyl groups is 1. The van der Waals surface area contributed by atoms with E-state index in [-0.39, 0.29) is 41.1 Å². The Bertz CT molecular complexity index is 4810. The van der Waals surface area contributed by atoms with Gasteiger partial charge in [0.2, 0.25) is 0 Å². The first-order valence-corrected chi connectivity index (χ1v) is 61.8. The molecule has 3 unspecified atom stereocenters. The van der Waals surface area contributed by atoms with Gasteiger partial charge in [0.15, 0.2) is 17.3 Å². The average Bonchev–Trinajstić information content (AvgIpc) is 1.76. The lowest BCUT2D eigenvalue weighted by molar-refractivity contribution is -0.149. The molecule has 0 radical (unpaired) electrons. The van der Waals surface area contributed by atoms with E-state index < -0.39 is 27.7 Å². The number of methoxy groups -OCH3 is 2. The summed E-state index contributed by atoms with van der Waals surface area (Å²) in [6, 6.07) is 48.6. The molecular formula is C61H69BrO14S25. The summed E-state index contributed by atoms with van der Waals surface area (Å²) in [5.74, 6) is -2.36. The van der Waals surface area contributed by atoms with E-state index in [0.29, 0.717) is 38.9 Å². The van der Waals surface area contributed by atoms with Crippen LogP contribution < -0.4 is 0 Å². The summed E-state index contributed by atoms with van der Waals surface area (Å²) < 4.78 is 41.5. The first-order chi connectivity index (χ1) is 48.6. The van der Waals surface area contributed by atoms with E-state index in [1.165, 1.54) is 57.7 Å². The number of benzene rings is 6. The molecular weight excluding hydrogens is 1840 g/mol. The monoisotopic (exact) mass is 1900 g/mol. The van der Waals surface area contributed by atoms with Crippen LogP contribution in [0, 0.1) is 5.92 Å². The fourth-order valence-corrected chi connectivity index (χ4v) is 64.5. The lowest BCUT2D eigenvalue weighted by Crippen LogP contribution is -2.40. The van der Waals surface area contributed by atoms with Crippen LogP contribution in [-0.4, -0.2) is 89.2 Å². The zero-order chi connectivity index (χ0) is 74.7. The minimum absolute atomic E-state index is 0.0268. The Balaban J connectivity index is 0.000000432. The summed E-state index contributed by atoms with van der Waals surface area (Å²) >= 11 is 13.1. The van der Waals surface area contributed by atoms with Crippen LogP contribution in [0.15, 0.2) is 164 Å². The lowest BCUT2D eigenvalue weighted by atomic mass is 9.70. The van der Waals surface area contributed by atoms with Gasteiger partial charge < -0.3 is 19.7 Å². The van der Waals surface area contributed by atoms with Gasteiger partial charge in [-0.15, -0.1) is 0 Å². The second-order valence-electron chi connectivity index (χ2n) is 19.7. The van der Waals surface area contributed by atoms with Crippen molar-refractivity contribution in [3.05, 3.63) is 214 Å². The summed E-state index contributed by atoms with van der Waals surface area (Å²) in [5.41, 5.74) is 5.15. The van der Waals surface area contributed by atoms with E-state index in [0.717, 1.165) is 48.7 Å². The smallest absolute Gasteiger partial charge is 0.394 e. The molecule has 554 valence electrons. The maximum atomic E-state index is 12.8. The van der Waals surface area contributed by atoms with Gasteiger partial charge in [0.25, 0.3) is 0 Å². The summed E-state index contributed by atoms with van der Waals surface area (Å²) in [7, 11) is 37.3. The van der Waals surface area contributed by atoms with E-state index in [4.69, 9.17) is 59.6 Å². The minimum Gasteiger partial charge on any atom is -0.481 e. The van der Waals surface area contributed by atoms with Crippen molar-refractivity contribution < 1.29 is 66.0 Å². The molecule has 0 spiro atoms. The van der Waals surface area contributed by atoms with Crippen LogP contribution in [0.5, 0.6) is 0 Å². The number of ether oxygens (including phenoxy) is 2. The van der Waals surface area contributed by atoms with Crippen LogP contribution in [0.1, 0.15) is 148 Å². The molecule has 6 aromatic carbocycles. The number of carbonyl (C=O) groups excluding carboxylic acids is 5. The largest absolute Gasteiger partial charge is 0.481 e. The number of aliphatic carboxylic acids is 1.